The highest BCUT2D eigenvalue weighted by Crippen LogP contribution is 2.06. The lowest BCUT2D eigenvalue weighted by molar-refractivity contribution is 1.64. The molecule has 0 amide bonds. The van der Waals surface area contributed by atoms with E-state index in [9.17, 15) is 0 Å². The molecule has 0 aliphatic rings. The van der Waals surface area contributed by atoms with Crippen LogP contribution in [-0.4, -0.2) is 13.4 Å². The zero-order valence-electron chi connectivity index (χ0n) is 9.05. The van der Waals surface area contributed by atoms with Gasteiger partial charge in [0.25, 0.3) is 0 Å². The molecule has 0 radical (unpaired) electrons. The molecule has 1 aromatic rings. The summed E-state index contributed by atoms with van der Waals surface area (Å²) in [6, 6.07) is 8.93. The van der Waals surface area contributed by atoms with Gasteiger partial charge in [0.15, 0.2) is 0 Å². The van der Waals surface area contributed by atoms with E-state index in [4.69, 9.17) is 0 Å². The van der Waals surface area contributed by atoms with Crippen molar-refractivity contribution in [3.05, 3.63) is 35.9 Å². The summed E-state index contributed by atoms with van der Waals surface area (Å²) in [6.45, 7) is 7.11. The fraction of sp³-hybridized carbons (Fsp3) is 0.333. The van der Waals surface area contributed by atoms with E-state index in [0.717, 1.165) is 5.33 Å². The van der Waals surface area contributed by atoms with Gasteiger partial charge in [-0.05, 0) is 5.56 Å². The lowest BCUT2D eigenvalue weighted by Crippen LogP contribution is -2.37. The maximum absolute atomic E-state index is 3.37. The zero-order valence-corrected chi connectivity index (χ0v) is 11.6. The van der Waals surface area contributed by atoms with Gasteiger partial charge < -0.3 is 0 Å². The minimum Gasteiger partial charge on any atom is -0.0883 e. The van der Waals surface area contributed by atoms with E-state index in [2.05, 4.69) is 72.0 Å². The Morgan fingerprint density at radius 3 is 2.14 bits per heavy atom. The van der Waals surface area contributed by atoms with Crippen LogP contribution < -0.4 is 5.19 Å². The maximum Gasteiger partial charge on any atom is 0.0775 e. The Morgan fingerprint density at radius 1 is 1.14 bits per heavy atom. The standard InChI is InChI=1S/C12H17BrSi/c1-14(2,3)12-8-6-11(7-9-12)5-4-10-13/h4-9H,10H2,1-3H3. The van der Waals surface area contributed by atoms with Crippen LogP contribution in [0.1, 0.15) is 5.56 Å². The van der Waals surface area contributed by atoms with Gasteiger partial charge in [0.2, 0.25) is 0 Å². The first-order valence-electron chi connectivity index (χ1n) is 4.87. The summed E-state index contributed by atoms with van der Waals surface area (Å²) in [5, 5.41) is 2.44. The second-order valence-corrected chi connectivity index (χ2v) is 10.2. The van der Waals surface area contributed by atoms with Crippen LogP contribution in [0.2, 0.25) is 19.6 Å². The molecule has 76 valence electrons. The van der Waals surface area contributed by atoms with Crippen LogP contribution in [0.15, 0.2) is 30.3 Å². The molecule has 0 fully saturated rings. The van der Waals surface area contributed by atoms with Crippen LogP contribution in [-0.2, 0) is 0 Å². The lowest BCUT2D eigenvalue weighted by atomic mass is 10.2. The van der Waals surface area contributed by atoms with Gasteiger partial charge >= 0.3 is 0 Å². The molecule has 0 N–H and O–H groups in total. The van der Waals surface area contributed by atoms with Crippen LogP contribution in [0, 0.1) is 0 Å². The summed E-state index contributed by atoms with van der Waals surface area (Å²) < 4.78 is 0. The Labute approximate surface area is 96.2 Å². The van der Waals surface area contributed by atoms with Crippen molar-refractivity contribution in [3.63, 3.8) is 0 Å². The highest BCUT2D eigenvalue weighted by molar-refractivity contribution is 9.09. The summed E-state index contributed by atoms with van der Waals surface area (Å²) >= 11 is 3.37. The number of benzene rings is 1. The van der Waals surface area contributed by atoms with E-state index in [1.165, 1.54) is 10.8 Å². The van der Waals surface area contributed by atoms with Crippen LogP contribution in [0.5, 0.6) is 0 Å². The third-order valence-electron chi connectivity index (χ3n) is 2.18. The normalized spacial score (nSPS) is 12.3. The monoisotopic (exact) mass is 268 g/mol. The van der Waals surface area contributed by atoms with E-state index in [1.807, 2.05) is 0 Å². The molecule has 0 aliphatic carbocycles. The van der Waals surface area contributed by atoms with Gasteiger partial charge in [0.1, 0.15) is 0 Å². The van der Waals surface area contributed by atoms with Gasteiger partial charge in [0, 0.05) is 5.33 Å². The highest BCUT2D eigenvalue weighted by atomic mass is 79.9. The third kappa shape index (κ3) is 3.43. The average Bonchev–Trinajstić information content (AvgIpc) is 2.14. The molecule has 2 heteroatoms. The summed E-state index contributed by atoms with van der Waals surface area (Å²) in [4.78, 5) is 0. The first kappa shape index (κ1) is 11.7. The molecule has 0 aromatic heterocycles. The zero-order chi connectivity index (χ0) is 10.6. The number of alkyl halides is 1. The molecule has 0 unspecified atom stereocenters. The van der Waals surface area contributed by atoms with Crippen molar-refractivity contribution >= 4 is 35.3 Å². The van der Waals surface area contributed by atoms with E-state index < -0.39 is 8.07 Å². The van der Waals surface area contributed by atoms with Crippen molar-refractivity contribution in [1.29, 1.82) is 0 Å². The second-order valence-electron chi connectivity index (χ2n) is 4.43. The van der Waals surface area contributed by atoms with Crippen molar-refractivity contribution in [2.75, 3.05) is 5.33 Å². The van der Waals surface area contributed by atoms with Crippen molar-refractivity contribution in [2.24, 2.45) is 0 Å². The molecule has 1 aromatic carbocycles. The number of halogens is 1. The Balaban J connectivity index is 2.84. The predicted molar refractivity (Wildman–Crippen MR) is 72.3 cm³/mol. The van der Waals surface area contributed by atoms with Gasteiger partial charge in [-0.25, -0.2) is 0 Å². The topological polar surface area (TPSA) is 0 Å². The smallest absolute Gasteiger partial charge is 0.0775 e. The Bertz CT molecular complexity index is 306. The summed E-state index contributed by atoms with van der Waals surface area (Å²) in [5.41, 5.74) is 1.28. The molecule has 0 aliphatic heterocycles. The number of allylic oxidation sites excluding steroid dienone is 1. The first-order chi connectivity index (χ1) is 6.54. The van der Waals surface area contributed by atoms with Crippen LogP contribution >= 0.6 is 15.9 Å². The quantitative estimate of drug-likeness (QED) is 0.580. The minimum absolute atomic E-state index is 0.919. The Hall–Kier alpha value is -0.343. The van der Waals surface area contributed by atoms with Crippen LogP contribution in [0.4, 0.5) is 0 Å². The van der Waals surface area contributed by atoms with Crippen LogP contribution in [0.25, 0.3) is 6.08 Å². The van der Waals surface area contributed by atoms with Gasteiger partial charge in [-0.2, -0.15) is 0 Å². The number of hydrogen-bond acceptors (Lipinski definition) is 0. The average molecular weight is 269 g/mol. The van der Waals surface area contributed by atoms with Crippen molar-refractivity contribution in [3.8, 4) is 0 Å². The van der Waals surface area contributed by atoms with E-state index in [1.54, 1.807) is 0 Å². The summed E-state index contributed by atoms with van der Waals surface area (Å²) in [6.07, 6.45) is 4.26. The molecule has 14 heavy (non-hydrogen) atoms. The molecule has 0 spiro atoms. The molecule has 0 nitrogen and oxygen atoms in total. The predicted octanol–water partition coefficient (Wildman–Crippen LogP) is 3.64. The van der Waals surface area contributed by atoms with Gasteiger partial charge in [0.05, 0.1) is 8.07 Å². The van der Waals surface area contributed by atoms with Gasteiger partial charge in [-0.3, -0.25) is 0 Å². The number of hydrogen-bond donors (Lipinski definition) is 0. The Kier molecular flexibility index (Phi) is 4.14. The molecule has 0 heterocycles. The second kappa shape index (κ2) is 4.94. The maximum atomic E-state index is 3.37. The minimum atomic E-state index is -1.12. The largest absolute Gasteiger partial charge is 0.0883 e. The van der Waals surface area contributed by atoms with Crippen molar-refractivity contribution in [2.45, 2.75) is 19.6 Å². The molecule has 0 atom stereocenters. The fourth-order valence-electron chi connectivity index (χ4n) is 1.27. The van der Waals surface area contributed by atoms with Gasteiger partial charge in [-0.15, -0.1) is 0 Å². The summed E-state index contributed by atoms with van der Waals surface area (Å²) in [7, 11) is -1.12. The van der Waals surface area contributed by atoms with Crippen LogP contribution in [0.3, 0.4) is 0 Å². The molecular weight excluding hydrogens is 252 g/mol. The molecule has 1 rings (SSSR count). The first-order valence-corrected chi connectivity index (χ1v) is 9.49. The lowest BCUT2D eigenvalue weighted by Gasteiger charge is -2.16. The fourth-order valence-corrected chi connectivity index (χ4v) is 2.63. The molecular formula is C12H17BrSi. The van der Waals surface area contributed by atoms with E-state index in [0.29, 0.717) is 0 Å². The van der Waals surface area contributed by atoms with Gasteiger partial charge in [-0.1, -0.05) is 77.2 Å². The molecule has 0 saturated heterocycles. The third-order valence-corrected chi connectivity index (χ3v) is 4.62. The highest BCUT2D eigenvalue weighted by Gasteiger charge is 2.14. The molecule has 0 saturated carbocycles. The molecule has 0 bridgehead atoms. The summed E-state index contributed by atoms with van der Waals surface area (Å²) in [5.74, 6) is 0. The van der Waals surface area contributed by atoms with E-state index in [-0.39, 0.29) is 0 Å². The van der Waals surface area contributed by atoms with Crippen molar-refractivity contribution in [1.82, 2.24) is 0 Å². The van der Waals surface area contributed by atoms with E-state index >= 15 is 0 Å². The Morgan fingerprint density at radius 2 is 1.71 bits per heavy atom. The van der Waals surface area contributed by atoms with Crippen molar-refractivity contribution < 1.29 is 0 Å². The SMILES string of the molecule is C[Si](C)(C)c1ccc(C=CCBr)cc1. The number of rotatable bonds is 3.